The summed E-state index contributed by atoms with van der Waals surface area (Å²) in [5.74, 6) is -0.458. The summed E-state index contributed by atoms with van der Waals surface area (Å²) in [6.45, 7) is 0. The van der Waals surface area contributed by atoms with Crippen molar-refractivity contribution in [2.24, 2.45) is 0 Å². The molecule has 0 radical (unpaired) electrons. The fraction of sp³-hybridized carbons (Fsp3) is 0. The van der Waals surface area contributed by atoms with E-state index in [1.165, 1.54) is 0 Å². The number of nitro groups is 4. The molecule has 1 heterocycles. The minimum Gasteiger partial charge on any atom is -0.323 e. The highest BCUT2D eigenvalue weighted by Crippen LogP contribution is 2.40. The number of benzene rings is 1. The van der Waals surface area contributed by atoms with Gasteiger partial charge in [0.1, 0.15) is 6.20 Å². The molecule has 0 saturated carbocycles. The Labute approximate surface area is 129 Å². The Hall–Kier alpha value is -4.17. The van der Waals surface area contributed by atoms with Gasteiger partial charge in [0, 0.05) is 0 Å². The number of nitrogens with one attached hydrogen (secondary N) is 2. The van der Waals surface area contributed by atoms with E-state index in [0.29, 0.717) is 12.1 Å². The highest BCUT2D eigenvalue weighted by molar-refractivity contribution is 5.82. The summed E-state index contributed by atoms with van der Waals surface area (Å²) in [7, 11) is 0. The van der Waals surface area contributed by atoms with E-state index in [4.69, 9.17) is 0 Å². The van der Waals surface area contributed by atoms with Crippen LogP contribution in [0.4, 0.5) is 34.3 Å². The summed E-state index contributed by atoms with van der Waals surface area (Å²) in [5.41, 5.74) is -4.27. The van der Waals surface area contributed by atoms with Crippen LogP contribution in [0.1, 0.15) is 0 Å². The van der Waals surface area contributed by atoms with Gasteiger partial charge in [-0.2, -0.15) is 5.10 Å². The molecule has 0 saturated heterocycles. The number of aromatic nitrogens is 2. The van der Waals surface area contributed by atoms with Crippen LogP contribution < -0.4 is 5.32 Å². The molecule has 1 aromatic carbocycles. The van der Waals surface area contributed by atoms with Gasteiger partial charge in [0.2, 0.25) is 5.82 Å². The molecule has 15 heteroatoms. The van der Waals surface area contributed by atoms with Gasteiger partial charge in [-0.15, -0.1) is 0 Å². The molecule has 2 N–H and O–H groups in total. The van der Waals surface area contributed by atoms with E-state index in [-0.39, 0.29) is 0 Å². The average molecular weight is 339 g/mol. The largest absolute Gasteiger partial charge is 0.330 e. The third-order valence-electron chi connectivity index (χ3n) is 2.75. The number of hydrogen-bond donors (Lipinski definition) is 2. The lowest BCUT2D eigenvalue weighted by atomic mass is 10.2. The van der Waals surface area contributed by atoms with Crippen LogP contribution in [0.25, 0.3) is 0 Å². The number of hydrogen-bond acceptors (Lipinski definition) is 10. The van der Waals surface area contributed by atoms with Crippen molar-refractivity contribution in [3.8, 4) is 0 Å². The Balaban J connectivity index is 2.68. The molecule has 0 spiro atoms. The van der Waals surface area contributed by atoms with Crippen LogP contribution in [-0.4, -0.2) is 29.9 Å². The van der Waals surface area contributed by atoms with Crippen LogP contribution in [-0.2, 0) is 0 Å². The van der Waals surface area contributed by atoms with Gasteiger partial charge in [-0.25, -0.2) is 0 Å². The zero-order valence-electron chi connectivity index (χ0n) is 11.2. The van der Waals surface area contributed by atoms with Crippen LogP contribution in [0.5, 0.6) is 0 Å². The molecule has 0 atom stereocenters. The van der Waals surface area contributed by atoms with Gasteiger partial charge < -0.3 is 5.32 Å². The average Bonchev–Trinajstić information content (AvgIpc) is 2.94. The topological polar surface area (TPSA) is 213 Å². The molecule has 2 rings (SSSR count). The van der Waals surface area contributed by atoms with Crippen molar-refractivity contribution in [3.05, 3.63) is 58.8 Å². The first-order valence-electron chi connectivity index (χ1n) is 5.78. The van der Waals surface area contributed by atoms with E-state index in [1.54, 1.807) is 0 Å². The van der Waals surface area contributed by atoms with Crippen LogP contribution in [0, 0.1) is 40.5 Å². The summed E-state index contributed by atoms with van der Waals surface area (Å²) in [6.07, 6.45) is 0.783. The normalized spacial score (nSPS) is 10.2. The number of non-ortho nitro benzene ring substituents is 1. The van der Waals surface area contributed by atoms with Gasteiger partial charge >= 0.3 is 17.1 Å². The molecule has 0 unspecified atom stereocenters. The van der Waals surface area contributed by atoms with E-state index in [9.17, 15) is 40.5 Å². The van der Waals surface area contributed by atoms with Crippen molar-refractivity contribution in [1.29, 1.82) is 0 Å². The fourth-order valence-electron chi connectivity index (χ4n) is 1.75. The van der Waals surface area contributed by atoms with E-state index < -0.39 is 53.9 Å². The first-order chi connectivity index (χ1) is 11.2. The predicted molar refractivity (Wildman–Crippen MR) is 74.9 cm³/mol. The summed E-state index contributed by atoms with van der Waals surface area (Å²) in [4.78, 5) is 39.6. The Kier molecular flexibility index (Phi) is 3.99. The second-order valence-corrected chi connectivity index (χ2v) is 4.14. The maximum absolute atomic E-state index is 11.1. The van der Waals surface area contributed by atoms with Gasteiger partial charge in [-0.3, -0.25) is 45.6 Å². The number of aromatic amines is 1. The van der Waals surface area contributed by atoms with E-state index in [0.717, 1.165) is 6.20 Å². The third-order valence-corrected chi connectivity index (χ3v) is 2.75. The molecule has 0 aliphatic heterocycles. The highest BCUT2D eigenvalue weighted by Gasteiger charge is 2.32. The molecule has 0 aliphatic rings. The fourth-order valence-corrected chi connectivity index (χ4v) is 1.75. The van der Waals surface area contributed by atoms with Crippen LogP contribution >= 0.6 is 0 Å². The number of nitrogens with zero attached hydrogens (tertiary/aromatic N) is 5. The lowest BCUT2D eigenvalue weighted by molar-refractivity contribution is -0.401. The van der Waals surface area contributed by atoms with Crippen molar-refractivity contribution in [2.45, 2.75) is 0 Å². The molecule has 124 valence electrons. The van der Waals surface area contributed by atoms with E-state index >= 15 is 0 Å². The minimum absolute atomic E-state index is 0.458. The Morgan fingerprint density at radius 1 is 0.833 bits per heavy atom. The van der Waals surface area contributed by atoms with Crippen LogP contribution in [0.2, 0.25) is 0 Å². The van der Waals surface area contributed by atoms with Gasteiger partial charge in [0.15, 0.2) is 5.69 Å². The number of rotatable bonds is 6. The third kappa shape index (κ3) is 2.89. The second kappa shape index (κ2) is 5.91. The zero-order valence-corrected chi connectivity index (χ0v) is 11.2. The second-order valence-electron chi connectivity index (χ2n) is 4.14. The Morgan fingerprint density at radius 2 is 1.33 bits per heavy atom. The molecular weight excluding hydrogens is 334 g/mol. The van der Waals surface area contributed by atoms with E-state index in [2.05, 4.69) is 15.5 Å². The van der Waals surface area contributed by atoms with Crippen molar-refractivity contribution in [1.82, 2.24) is 10.2 Å². The lowest BCUT2D eigenvalue weighted by Crippen LogP contribution is -2.04. The van der Waals surface area contributed by atoms with Crippen molar-refractivity contribution < 1.29 is 19.7 Å². The first kappa shape index (κ1) is 16.2. The van der Waals surface area contributed by atoms with Crippen molar-refractivity contribution >= 4 is 34.3 Å². The lowest BCUT2D eigenvalue weighted by Gasteiger charge is -2.05. The minimum atomic E-state index is -1.09. The van der Waals surface area contributed by atoms with Gasteiger partial charge in [0.25, 0.3) is 5.69 Å². The zero-order chi connectivity index (χ0) is 18.0. The molecule has 0 bridgehead atoms. The predicted octanol–water partition coefficient (Wildman–Crippen LogP) is 1.79. The molecule has 0 fully saturated rings. The molecule has 0 aliphatic carbocycles. The summed E-state index contributed by atoms with van der Waals surface area (Å²) in [6, 6.07) is 0.995. The molecule has 1 aromatic heterocycles. The van der Waals surface area contributed by atoms with Gasteiger partial charge in [-0.1, -0.05) is 0 Å². The maximum atomic E-state index is 11.1. The number of H-pyrrole nitrogens is 1. The molecular formula is C9H5N7O8. The first-order valence-corrected chi connectivity index (χ1v) is 5.78. The summed E-state index contributed by atoms with van der Waals surface area (Å²) >= 11 is 0. The molecule has 2 aromatic rings. The molecule has 15 nitrogen and oxygen atoms in total. The maximum Gasteiger partial charge on any atom is 0.330 e. The SMILES string of the molecule is O=[N+]([O-])c1cc([N+](=O)[O-])c(Nc2[nH]ncc2[N+](=O)[O-])c([N+](=O)[O-])c1. The molecule has 24 heavy (non-hydrogen) atoms. The standard InChI is InChI=1S/C9H5N7O8/c17-13(18)4-1-5(14(19)20)8(6(2-4)15(21)22)11-9-7(16(23)24)3-10-12-9/h1-3H,(H2,10,11,12). The number of nitro benzene ring substituents is 3. The Morgan fingerprint density at radius 3 is 1.75 bits per heavy atom. The van der Waals surface area contributed by atoms with Gasteiger partial charge in [-0.05, 0) is 0 Å². The highest BCUT2D eigenvalue weighted by atomic mass is 16.6. The molecule has 0 amide bonds. The smallest absolute Gasteiger partial charge is 0.323 e. The van der Waals surface area contributed by atoms with Crippen molar-refractivity contribution in [3.63, 3.8) is 0 Å². The summed E-state index contributed by atoms with van der Waals surface area (Å²) < 4.78 is 0. The van der Waals surface area contributed by atoms with Crippen LogP contribution in [0.15, 0.2) is 18.3 Å². The number of anilines is 2. The van der Waals surface area contributed by atoms with Crippen LogP contribution in [0.3, 0.4) is 0 Å². The van der Waals surface area contributed by atoms with Gasteiger partial charge in [0.05, 0.1) is 31.8 Å². The van der Waals surface area contributed by atoms with E-state index in [1.807, 2.05) is 0 Å². The van der Waals surface area contributed by atoms with Crippen molar-refractivity contribution in [2.75, 3.05) is 5.32 Å². The summed E-state index contributed by atoms with van der Waals surface area (Å²) in [5, 5.41) is 51.3. The monoisotopic (exact) mass is 339 g/mol. The Bertz CT molecular complexity index is 840. The quantitative estimate of drug-likeness (QED) is 0.574.